The standard InChI is InChI=1S/C17H22Cl2N2O/c1-11(8-12-2-3-13(18)9-15(12)19)21-16(22)14-10-17(14)4-6-20-7-5-17/h2-3,9,11,14,20H,4-8,10H2,1H3,(H,21,22). The van der Waals surface area contributed by atoms with Crippen molar-refractivity contribution >= 4 is 29.1 Å². The summed E-state index contributed by atoms with van der Waals surface area (Å²) in [6.07, 6.45) is 4.03. The van der Waals surface area contributed by atoms with Crippen LogP contribution in [-0.4, -0.2) is 25.0 Å². The molecule has 5 heteroatoms. The smallest absolute Gasteiger partial charge is 0.223 e. The zero-order valence-electron chi connectivity index (χ0n) is 12.8. The number of benzene rings is 1. The lowest BCUT2D eigenvalue weighted by Crippen LogP contribution is -2.38. The van der Waals surface area contributed by atoms with Gasteiger partial charge in [0.1, 0.15) is 0 Å². The summed E-state index contributed by atoms with van der Waals surface area (Å²) < 4.78 is 0. The Hall–Kier alpha value is -0.770. The lowest BCUT2D eigenvalue weighted by molar-refractivity contribution is -0.123. The van der Waals surface area contributed by atoms with Gasteiger partial charge >= 0.3 is 0 Å². The van der Waals surface area contributed by atoms with Gasteiger partial charge in [0, 0.05) is 22.0 Å². The molecule has 0 bridgehead atoms. The summed E-state index contributed by atoms with van der Waals surface area (Å²) in [4.78, 5) is 12.4. The molecule has 1 saturated carbocycles. The van der Waals surface area contributed by atoms with Crippen LogP contribution in [0.25, 0.3) is 0 Å². The molecule has 1 saturated heterocycles. The van der Waals surface area contributed by atoms with Crippen molar-refractivity contribution < 1.29 is 4.79 Å². The highest BCUT2D eigenvalue weighted by molar-refractivity contribution is 6.35. The minimum atomic E-state index is 0.0746. The minimum Gasteiger partial charge on any atom is -0.353 e. The molecule has 3 nitrogen and oxygen atoms in total. The Labute approximate surface area is 141 Å². The second-order valence-electron chi connectivity index (χ2n) is 6.72. The molecule has 0 aromatic heterocycles. The van der Waals surface area contributed by atoms with Crippen LogP contribution >= 0.6 is 23.2 Å². The first-order valence-electron chi connectivity index (χ1n) is 7.95. The van der Waals surface area contributed by atoms with E-state index in [0.717, 1.165) is 44.3 Å². The lowest BCUT2D eigenvalue weighted by atomic mass is 9.91. The van der Waals surface area contributed by atoms with Crippen molar-refractivity contribution in [3.8, 4) is 0 Å². The van der Waals surface area contributed by atoms with Gasteiger partial charge in [0.15, 0.2) is 0 Å². The van der Waals surface area contributed by atoms with Gasteiger partial charge in [0.05, 0.1) is 0 Å². The van der Waals surface area contributed by atoms with E-state index in [-0.39, 0.29) is 23.3 Å². The predicted molar refractivity (Wildman–Crippen MR) is 90.4 cm³/mol. The van der Waals surface area contributed by atoms with Gasteiger partial charge in [0.25, 0.3) is 0 Å². The predicted octanol–water partition coefficient (Wildman–Crippen LogP) is 3.43. The average Bonchev–Trinajstić information content (AvgIpc) is 3.16. The third kappa shape index (κ3) is 3.42. The first-order valence-corrected chi connectivity index (χ1v) is 8.71. The van der Waals surface area contributed by atoms with Gasteiger partial charge in [-0.3, -0.25) is 4.79 Å². The maximum atomic E-state index is 12.4. The molecule has 2 unspecified atom stereocenters. The number of carbonyl (C=O) groups excluding carboxylic acids is 1. The molecule has 2 N–H and O–H groups in total. The summed E-state index contributed by atoms with van der Waals surface area (Å²) in [6, 6.07) is 5.59. The van der Waals surface area contributed by atoms with Crippen LogP contribution in [0.4, 0.5) is 0 Å². The van der Waals surface area contributed by atoms with Crippen LogP contribution in [0.5, 0.6) is 0 Å². The average molecular weight is 341 g/mol. The van der Waals surface area contributed by atoms with E-state index in [1.807, 2.05) is 19.1 Å². The molecule has 1 amide bonds. The third-order valence-corrected chi connectivity index (χ3v) is 5.62. The molecule has 1 aliphatic carbocycles. The number of halogens is 2. The van der Waals surface area contributed by atoms with Gasteiger partial charge in [-0.25, -0.2) is 0 Å². The second-order valence-corrected chi connectivity index (χ2v) is 7.56. The monoisotopic (exact) mass is 340 g/mol. The first kappa shape index (κ1) is 16.1. The summed E-state index contributed by atoms with van der Waals surface area (Å²) in [5.41, 5.74) is 1.30. The fourth-order valence-electron chi connectivity index (χ4n) is 3.61. The molecule has 120 valence electrons. The van der Waals surface area contributed by atoms with Crippen LogP contribution in [0.15, 0.2) is 18.2 Å². The Balaban J connectivity index is 1.53. The molecular weight excluding hydrogens is 319 g/mol. The largest absolute Gasteiger partial charge is 0.353 e. The van der Waals surface area contributed by atoms with Crippen molar-refractivity contribution in [2.24, 2.45) is 11.3 Å². The van der Waals surface area contributed by atoms with Crippen molar-refractivity contribution in [3.63, 3.8) is 0 Å². The van der Waals surface area contributed by atoms with Crippen molar-refractivity contribution in [1.29, 1.82) is 0 Å². The number of hydrogen-bond donors (Lipinski definition) is 2. The molecule has 0 radical (unpaired) electrons. The zero-order valence-corrected chi connectivity index (χ0v) is 14.3. The zero-order chi connectivity index (χ0) is 15.7. The van der Waals surface area contributed by atoms with E-state index in [0.29, 0.717) is 10.0 Å². The quantitative estimate of drug-likeness (QED) is 0.881. The molecule has 2 fully saturated rings. The molecule has 3 rings (SSSR count). The van der Waals surface area contributed by atoms with E-state index >= 15 is 0 Å². The lowest BCUT2D eigenvalue weighted by Gasteiger charge is -2.23. The number of nitrogens with one attached hydrogen (secondary N) is 2. The summed E-state index contributed by atoms with van der Waals surface area (Å²) in [7, 11) is 0. The minimum absolute atomic E-state index is 0.0746. The number of carbonyl (C=O) groups is 1. The molecule has 1 aromatic rings. The van der Waals surface area contributed by atoms with Crippen LogP contribution in [0, 0.1) is 11.3 Å². The summed E-state index contributed by atoms with van der Waals surface area (Å²) in [5.74, 6) is 0.414. The number of piperidine rings is 1. The van der Waals surface area contributed by atoms with E-state index in [1.54, 1.807) is 6.07 Å². The molecule has 2 aliphatic rings. The summed E-state index contributed by atoms with van der Waals surface area (Å²) in [5, 5.41) is 7.82. The van der Waals surface area contributed by atoms with Crippen molar-refractivity contribution in [1.82, 2.24) is 10.6 Å². The Morgan fingerprint density at radius 2 is 2.14 bits per heavy atom. The topological polar surface area (TPSA) is 41.1 Å². The molecule has 2 atom stereocenters. The van der Waals surface area contributed by atoms with Crippen molar-refractivity contribution in [3.05, 3.63) is 33.8 Å². The van der Waals surface area contributed by atoms with Crippen LogP contribution in [-0.2, 0) is 11.2 Å². The molecule has 1 aromatic carbocycles. The molecular formula is C17H22Cl2N2O. The number of amides is 1. The first-order chi connectivity index (χ1) is 10.5. The SMILES string of the molecule is CC(Cc1ccc(Cl)cc1Cl)NC(=O)C1CC12CCNCC2. The normalized spacial score (nSPS) is 24.0. The van der Waals surface area contributed by atoms with E-state index in [4.69, 9.17) is 23.2 Å². The summed E-state index contributed by atoms with van der Waals surface area (Å²) >= 11 is 12.1. The van der Waals surface area contributed by atoms with Crippen LogP contribution in [0.2, 0.25) is 10.0 Å². The van der Waals surface area contributed by atoms with E-state index in [1.165, 1.54) is 0 Å². The van der Waals surface area contributed by atoms with E-state index < -0.39 is 0 Å². The fourth-order valence-corrected chi connectivity index (χ4v) is 4.09. The molecule has 22 heavy (non-hydrogen) atoms. The fraction of sp³-hybridized carbons (Fsp3) is 0.588. The highest BCUT2D eigenvalue weighted by Crippen LogP contribution is 2.58. The number of hydrogen-bond acceptors (Lipinski definition) is 2. The van der Waals surface area contributed by atoms with Gasteiger partial charge in [0.2, 0.25) is 5.91 Å². The Bertz CT molecular complexity index is 570. The van der Waals surface area contributed by atoms with Gasteiger partial charge in [-0.2, -0.15) is 0 Å². The molecule has 1 heterocycles. The highest BCUT2D eigenvalue weighted by atomic mass is 35.5. The Kier molecular flexibility index (Phi) is 4.67. The second kappa shape index (κ2) is 6.38. The van der Waals surface area contributed by atoms with Gasteiger partial charge in [-0.15, -0.1) is 0 Å². The van der Waals surface area contributed by atoms with Crippen LogP contribution < -0.4 is 10.6 Å². The molecule has 1 aliphatic heterocycles. The van der Waals surface area contributed by atoms with E-state index in [2.05, 4.69) is 10.6 Å². The van der Waals surface area contributed by atoms with Crippen molar-refractivity contribution in [2.75, 3.05) is 13.1 Å². The third-order valence-electron chi connectivity index (χ3n) is 5.04. The van der Waals surface area contributed by atoms with Gasteiger partial charge in [-0.05, 0) is 68.8 Å². The maximum Gasteiger partial charge on any atom is 0.223 e. The van der Waals surface area contributed by atoms with Gasteiger partial charge in [-0.1, -0.05) is 29.3 Å². The van der Waals surface area contributed by atoms with E-state index in [9.17, 15) is 4.79 Å². The van der Waals surface area contributed by atoms with Gasteiger partial charge < -0.3 is 10.6 Å². The van der Waals surface area contributed by atoms with Crippen LogP contribution in [0.1, 0.15) is 31.7 Å². The Morgan fingerprint density at radius 1 is 1.41 bits per heavy atom. The van der Waals surface area contributed by atoms with Crippen molar-refractivity contribution in [2.45, 2.75) is 38.6 Å². The maximum absolute atomic E-state index is 12.4. The summed E-state index contributed by atoms with van der Waals surface area (Å²) in [6.45, 7) is 4.11. The molecule has 1 spiro atoms. The number of rotatable bonds is 4. The highest BCUT2D eigenvalue weighted by Gasteiger charge is 2.57. The van der Waals surface area contributed by atoms with Crippen LogP contribution in [0.3, 0.4) is 0 Å². The Morgan fingerprint density at radius 3 is 2.82 bits per heavy atom.